The van der Waals surface area contributed by atoms with Crippen molar-refractivity contribution in [3.8, 4) is 0 Å². The fraction of sp³-hybridized carbons (Fsp3) is 0.714. The Kier molecular flexibility index (Phi) is 5.64. The first-order valence-electron chi connectivity index (χ1n) is 6.90. The first kappa shape index (κ1) is 16.3. The Hall–Kier alpha value is -0.783. The highest BCUT2D eigenvalue weighted by Crippen LogP contribution is 2.36. The van der Waals surface area contributed by atoms with Gasteiger partial charge in [0.15, 0.2) is 8.32 Å². The lowest BCUT2D eigenvalue weighted by Gasteiger charge is -2.36. The van der Waals surface area contributed by atoms with Crippen LogP contribution in [0.4, 0.5) is 0 Å². The standard InChI is InChI=1S/C14H27N3OSi/c1-14(2,3)19(4,5)18-9-7-13-11-16-10-12(17-13)6-8-15/h10-11H,6-9,15H2,1-5H3. The highest BCUT2D eigenvalue weighted by Gasteiger charge is 2.36. The minimum atomic E-state index is -1.66. The summed E-state index contributed by atoms with van der Waals surface area (Å²) in [7, 11) is -1.66. The highest BCUT2D eigenvalue weighted by atomic mass is 28.4. The Morgan fingerprint density at radius 3 is 2.26 bits per heavy atom. The van der Waals surface area contributed by atoms with Crippen LogP contribution in [0.1, 0.15) is 32.2 Å². The van der Waals surface area contributed by atoms with Gasteiger partial charge in [-0.25, -0.2) is 0 Å². The molecule has 0 atom stereocenters. The molecule has 0 aliphatic heterocycles. The van der Waals surface area contributed by atoms with Crippen LogP contribution >= 0.6 is 0 Å². The summed E-state index contributed by atoms with van der Waals surface area (Å²) >= 11 is 0. The molecule has 0 unspecified atom stereocenters. The normalized spacial score (nSPS) is 12.7. The van der Waals surface area contributed by atoms with Gasteiger partial charge in [-0.2, -0.15) is 0 Å². The molecule has 0 bridgehead atoms. The minimum absolute atomic E-state index is 0.250. The molecule has 0 aliphatic carbocycles. The first-order chi connectivity index (χ1) is 8.76. The first-order valence-corrected chi connectivity index (χ1v) is 9.81. The van der Waals surface area contributed by atoms with Gasteiger partial charge >= 0.3 is 0 Å². The molecule has 0 aromatic carbocycles. The molecule has 5 heteroatoms. The van der Waals surface area contributed by atoms with Gasteiger partial charge in [0.2, 0.25) is 0 Å². The molecule has 0 spiro atoms. The summed E-state index contributed by atoms with van der Waals surface area (Å²) in [5, 5.41) is 0.250. The molecule has 1 aromatic rings. The summed E-state index contributed by atoms with van der Waals surface area (Å²) in [6, 6.07) is 0. The molecular formula is C14H27N3OSi. The van der Waals surface area contributed by atoms with Crippen molar-refractivity contribution in [2.24, 2.45) is 5.73 Å². The third-order valence-corrected chi connectivity index (χ3v) is 8.30. The van der Waals surface area contributed by atoms with Gasteiger partial charge in [0, 0.05) is 31.8 Å². The zero-order valence-electron chi connectivity index (χ0n) is 12.9. The number of aromatic nitrogens is 2. The van der Waals surface area contributed by atoms with E-state index in [4.69, 9.17) is 10.2 Å². The molecule has 2 N–H and O–H groups in total. The van der Waals surface area contributed by atoms with Crippen LogP contribution in [0.2, 0.25) is 18.1 Å². The van der Waals surface area contributed by atoms with E-state index in [1.54, 1.807) is 6.20 Å². The summed E-state index contributed by atoms with van der Waals surface area (Å²) in [5.74, 6) is 0. The predicted octanol–water partition coefficient (Wildman–Crippen LogP) is 2.54. The largest absolute Gasteiger partial charge is 0.416 e. The van der Waals surface area contributed by atoms with E-state index < -0.39 is 8.32 Å². The van der Waals surface area contributed by atoms with Gasteiger partial charge in [0.1, 0.15) is 0 Å². The molecule has 0 radical (unpaired) electrons. The van der Waals surface area contributed by atoms with Crippen molar-refractivity contribution < 1.29 is 4.43 Å². The molecule has 19 heavy (non-hydrogen) atoms. The van der Waals surface area contributed by atoms with E-state index >= 15 is 0 Å². The summed E-state index contributed by atoms with van der Waals surface area (Å²) in [6.45, 7) is 12.6. The van der Waals surface area contributed by atoms with E-state index in [0.717, 1.165) is 30.8 Å². The quantitative estimate of drug-likeness (QED) is 0.814. The second-order valence-electron chi connectivity index (χ2n) is 6.40. The molecule has 1 aromatic heterocycles. The van der Waals surface area contributed by atoms with Crippen molar-refractivity contribution in [3.63, 3.8) is 0 Å². The van der Waals surface area contributed by atoms with Gasteiger partial charge in [-0.15, -0.1) is 0 Å². The van der Waals surface area contributed by atoms with Crippen LogP contribution in [0.3, 0.4) is 0 Å². The predicted molar refractivity (Wildman–Crippen MR) is 81.6 cm³/mol. The average molecular weight is 281 g/mol. The van der Waals surface area contributed by atoms with Crippen molar-refractivity contribution in [2.45, 2.75) is 51.7 Å². The van der Waals surface area contributed by atoms with Crippen molar-refractivity contribution in [1.82, 2.24) is 9.97 Å². The molecule has 1 heterocycles. The number of rotatable bonds is 6. The Bertz CT molecular complexity index is 402. The van der Waals surface area contributed by atoms with Gasteiger partial charge in [-0.05, 0) is 24.7 Å². The van der Waals surface area contributed by atoms with Crippen LogP contribution < -0.4 is 5.73 Å². The molecule has 1 rings (SSSR count). The van der Waals surface area contributed by atoms with E-state index in [-0.39, 0.29) is 5.04 Å². The van der Waals surface area contributed by atoms with Gasteiger partial charge in [0.25, 0.3) is 0 Å². The maximum Gasteiger partial charge on any atom is 0.191 e. The summed E-state index contributed by atoms with van der Waals surface area (Å²) in [4.78, 5) is 8.74. The monoisotopic (exact) mass is 281 g/mol. The Balaban J connectivity index is 2.51. The lowest BCUT2D eigenvalue weighted by molar-refractivity contribution is 0.290. The lowest BCUT2D eigenvalue weighted by atomic mass is 10.2. The van der Waals surface area contributed by atoms with Gasteiger partial charge < -0.3 is 10.2 Å². The van der Waals surface area contributed by atoms with Gasteiger partial charge in [0.05, 0.1) is 11.4 Å². The maximum atomic E-state index is 6.14. The van der Waals surface area contributed by atoms with Crippen molar-refractivity contribution in [2.75, 3.05) is 13.2 Å². The fourth-order valence-corrected chi connectivity index (χ4v) is 2.51. The van der Waals surface area contributed by atoms with Crippen molar-refractivity contribution >= 4 is 8.32 Å². The molecule has 0 saturated heterocycles. The third-order valence-electron chi connectivity index (χ3n) is 3.76. The lowest BCUT2D eigenvalue weighted by Crippen LogP contribution is -2.41. The Morgan fingerprint density at radius 2 is 1.74 bits per heavy atom. The Labute approximate surface area is 117 Å². The van der Waals surface area contributed by atoms with E-state index in [2.05, 4.69) is 43.8 Å². The molecule has 0 saturated carbocycles. The smallest absolute Gasteiger partial charge is 0.191 e. The second-order valence-corrected chi connectivity index (χ2v) is 11.2. The van der Waals surface area contributed by atoms with Crippen LogP contribution in [0, 0.1) is 0 Å². The van der Waals surface area contributed by atoms with E-state index in [1.807, 2.05) is 6.20 Å². The molecule has 108 valence electrons. The van der Waals surface area contributed by atoms with E-state index in [9.17, 15) is 0 Å². The average Bonchev–Trinajstić information content (AvgIpc) is 2.28. The molecule has 0 fully saturated rings. The molecule has 4 nitrogen and oxygen atoms in total. The number of hydrogen-bond donors (Lipinski definition) is 1. The molecular weight excluding hydrogens is 254 g/mol. The molecule has 0 amide bonds. The number of nitrogens with zero attached hydrogens (tertiary/aromatic N) is 2. The number of hydrogen-bond acceptors (Lipinski definition) is 4. The summed E-state index contributed by atoms with van der Waals surface area (Å²) in [6.07, 6.45) is 5.20. The van der Waals surface area contributed by atoms with Gasteiger partial charge in [-0.1, -0.05) is 20.8 Å². The third kappa shape index (κ3) is 5.01. The zero-order valence-corrected chi connectivity index (χ0v) is 13.9. The van der Waals surface area contributed by atoms with Crippen LogP contribution in [0.5, 0.6) is 0 Å². The van der Waals surface area contributed by atoms with E-state index in [0.29, 0.717) is 6.54 Å². The minimum Gasteiger partial charge on any atom is -0.416 e. The fourth-order valence-electron chi connectivity index (χ4n) is 1.47. The van der Waals surface area contributed by atoms with Crippen molar-refractivity contribution in [3.05, 3.63) is 23.8 Å². The Morgan fingerprint density at radius 1 is 1.16 bits per heavy atom. The molecule has 0 aliphatic rings. The van der Waals surface area contributed by atoms with Crippen LogP contribution in [-0.2, 0) is 17.3 Å². The second kappa shape index (κ2) is 6.59. The maximum absolute atomic E-state index is 6.14. The zero-order chi connectivity index (χ0) is 14.5. The van der Waals surface area contributed by atoms with Crippen LogP contribution in [0.15, 0.2) is 12.4 Å². The summed E-state index contributed by atoms with van der Waals surface area (Å²) in [5.41, 5.74) is 7.48. The van der Waals surface area contributed by atoms with Gasteiger partial charge in [-0.3, -0.25) is 9.97 Å². The highest BCUT2D eigenvalue weighted by molar-refractivity contribution is 6.74. The van der Waals surface area contributed by atoms with Crippen molar-refractivity contribution in [1.29, 1.82) is 0 Å². The topological polar surface area (TPSA) is 61.0 Å². The number of nitrogens with two attached hydrogens (primary N) is 1. The van der Waals surface area contributed by atoms with Crippen LogP contribution in [0.25, 0.3) is 0 Å². The summed E-state index contributed by atoms with van der Waals surface area (Å²) < 4.78 is 6.14. The van der Waals surface area contributed by atoms with Crippen LogP contribution in [-0.4, -0.2) is 31.4 Å². The van der Waals surface area contributed by atoms with E-state index in [1.165, 1.54) is 0 Å². The SMILES string of the molecule is CC(C)(C)[Si](C)(C)OCCc1cncc(CCN)n1.